The topological polar surface area (TPSA) is 75.6 Å². The quantitative estimate of drug-likeness (QED) is 0.904. The van der Waals surface area contributed by atoms with Gasteiger partial charge in [0, 0.05) is 43.5 Å². The van der Waals surface area contributed by atoms with Gasteiger partial charge in [0.25, 0.3) is 5.91 Å². The van der Waals surface area contributed by atoms with Crippen molar-refractivity contribution in [2.75, 3.05) is 26.2 Å². The minimum atomic E-state index is 0.0202. The fourth-order valence-electron chi connectivity index (χ4n) is 2.84. The van der Waals surface area contributed by atoms with E-state index in [0.717, 1.165) is 38.4 Å². The fraction of sp³-hybridized carbons (Fsp3) is 0.556. The molecule has 7 heteroatoms. The Balaban J connectivity index is 1.53. The predicted octanol–water partition coefficient (Wildman–Crippen LogP) is 2.45. The lowest BCUT2D eigenvalue weighted by molar-refractivity contribution is 0.0626. The normalized spacial score (nSPS) is 16.4. The molecular weight excluding hydrogens is 336 g/mol. The number of piperazine rings is 1. The Kier molecular flexibility index (Phi) is 5.27. The van der Waals surface area contributed by atoms with Crippen LogP contribution in [0, 0.1) is 0 Å². The highest BCUT2D eigenvalue weighted by Crippen LogP contribution is 2.26. The Bertz CT molecular complexity index is 724. The minimum Gasteiger partial charge on any atom is -0.467 e. The maximum Gasteiger partial charge on any atom is 0.257 e. The number of hydrogen-bond donors (Lipinski definition) is 1. The van der Waals surface area contributed by atoms with Crippen molar-refractivity contribution < 1.29 is 9.21 Å². The highest BCUT2D eigenvalue weighted by Gasteiger charge is 2.24. The van der Waals surface area contributed by atoms with Gasteiger partial charge >= 0.3 is 0 Å². The van der Waals surface area contributed by atoms with E-state index in [4.69, 9.17) is 15.1 Å². The summed E-state index contributed by atoms with van der Waals surface area (Å²) >= 11 is 1.73. The van der Waals surface area contributed by atoms with Crippen LogP contribution in [0.25, 0.3) is 0 Å². The summed E-state index contributed by atoms with van der Waals surface area (Å²) < 4.78 is 5.27. The Labute approximate surface area is 152 Å². The summed E-state index contributed by atoms with van der Waals surface area (Å²) in [5.41, 5.74) is 7.34. The second-order valence-electron chi connectivity index (χ2n) is 7.47. The van der Waals surface area contributed by atoms with Gasteiger partial charge in [-0.2, -0.15) is 0 Å². The van der Waals surface area contributed by atoms with Crippen LogP contribution in [0.3, 0.4) is 0 Å². The van der Waals surface area contributed by atoms with Gasteiger partial charge in [0.2, 0.25) is 0 Å². The van der Waals surface area contributed by atoms with Gasteiger partial charge in [-0.05, 0) is 6.07 Å². The zero-order valence-corrected chi connectivity index (χ0v) is 15.9. The molecule has 25 heavy (non-hydrogen) atoms. The Morgan fingerprint density at radius 1 is 1.32 bits per heavy atom. The monoisotopic (exact) mass is 362 g/mol. The van der Waals surface area contributed by atoms with Crippen LogP contribution in [-0.4, -0.2) is 46.9 Å². The molecule has 1 aliphatic rings. The van der Waals surface area contributed by atoms with Crippen LogP contribution in [0.15, 0.2) is 22.1 Å². The number of nitrogens with two attached hydrogens (primary N) is 1. The molecule has 3 heterocycles. The lowest BCUT2D eigenvalue weighted by atomic mass is 9.98. The van der Waals surface area contributed by atoms with Crippen LogP contribution < -0.4 is 5.73 Å². The first-order valence-corrected chi connectivity index (χ1v) is 9.49. The molecule has 3 rings (SSSR count). The smallest absolute Gasteiger partial charge is 0.257 e. The highest BCUT2D eigenvalue weighted by atomic mass is 32.1. The van der Waals surface area contributed by atoms with Crippen LogP contribution in [0.2, 0.25) is 0 Å². The van der Waals surface area contributed by atoms with Gasteiger partial charge in [0.1, 0.15) is 12.0 Å². The van der Waals surface area contributed by atoms with Gasteiger partial charge in [0.05, 0.1) is 22.8 Å². The summed E-state index contributed by atoms with van der Waals surface area (Å²) in [4.78, 5) is 21.5. The van der Waals surface area contributed by atoms with Crippen molar-refractivity contribution in [2.45, 2.75) is 39.3 Å². The summed E-state index contributed by atoms with van der Waals surface area (Å²) in [6.45, 7) is 10.9. The van der Waals surface area contributed by atoms with Crippen molar-refractivity contribution in [1.82, 2.24) is 14.8 Å². The minimum absolute atomic E-state index is 0.0202. The number of carbonyl (C=O) groups excluding carboxylic acids is 1. The molecule has 6 nitrogen and oxygen atoms in total. The molecule has 2 aromatic rings. The number of aromatic nitrogens is 1. The first kappa shape index (κ1) is 18.1. The largest absolute Gasteiger partial charge is 0.467 e. The summed E-state index contributed by atoms with van der Waals surface area (Å²) in [5, 5.41) is 3.32. The van der Waals surface area contributed by atoms with Gasteiger partial charge in [-0.25, -0.2) is 4.98 Å². The second kappa shape index (κ2) is 7.27. The van der Waals surface area contributed by atoms with Crippen molar-refractivity contribution in [1.29, 1.82) is 0 Å². The van der Waals surface area contributed by atoms with E-state index in [9.17, 15) is 4.79 Å². The van der Waals surface area contributed by atoms with E-state index in [0.29, 0.717) is 17.9 Å². The van der Waals surface area contributed by atoms with E-state index >= 15 is 0 Å². The number of carbonyl (C=O) groups is 1. The molecule has 0 saturated carbocycles. The highest BCUT2D eigenvalue weighted by molar-refractivity contribution is 7.09. The van der Waals surface area contributed by atoms with E-state index in [1.807, 2.05) is 4.90 Å². The zero-order valence-electron chi connectivity index (χ0n) is 15.1. The third-order valence-electron chi connectivity index (χ3n) is 4.34. The molecule has 1 saturated heterocycles. The number of rotatable bonds is 4. The Hall–Kier alpha value is -1.70. The summed E-state index contributed by atoms with van der Waals surface area (Å²) in [6.07, 6.45) is 1.50. The van der Waals surface area contributed by atoms with E-state index in [1.165, 1.54) is 11.3 Å². The molecule has 1 amide bonds. The van der Waals surface area contributed by atoms with Gasteiger partial charge < -0.3 is 15.1 Å². The summed E-state index contributed by atoms with van der Waals surface area (Å²) in [6, 6.07) is 1.73. The van der Waals surface area contributed by atoms with E-state index in [1.54, 1.807) is 17.4 Å². The number of thiazole rings is 1. The second-order valence-corrected chi connectivity index (χ2v) is 8.33. The van der Waals surface area contributed by atoms with E-state index in [-0.39, 0.29) is 11.3 Å². The van der Waals surface area contributed by atoms with Gasteiger partial charge in [0.15, 0.2) is 0 Å². The molecule has 0 spiro atoms. The maximum atomic E-state index is 12.5. The Morgan fingerprint density at radius 2 is 2.04 bits per heavy atom. The van der Waals surface area contributed by atoms with Crippen molar-refractivity contribution >= 4 is 17.2 Å². The lowest BCUT2D eigenvalue weighted by Crippen LogP contribution is -2.48. The van der Waals surface area contributed by atoms with Crippen LogP contribution in [0.5, 0.6) is 0 Å². The molecule has 1 fully saturated rings. The van der Waals surface area contributed by atoms with Gasteiger partial charge in [-0.15, -0.1) is 11.3 Å². The zero-order chi connectivity index (χ0) is 18.0. The number of hydrogen-bond acceptors (Lipinski definition) is 6. The first-order valence-electron chi connectivity index (χ1n) is 8.61. The van der Waals surface area contributed by atoms with Crippen LogP contribution in [0.1, 0.15) is 47.6 Å². The molecular formula is C18H26N4O2S. The van der Waals surface area contributed by atoms with Crippen LogP contribution in [0.4, 0.5) is 0 Å². The van der Waals surface area contributed by atoms with Crippen molar-refractivity contribution in [2.24, 2.45) is 5.73 Å². The summed E-state index contributed by atoms with van der Waals surface area (Å²) in [5.74, 6) is 0.659. The number of nitrogens with zero attached hydrogens (tertiary/aromatic N) is 3. The van der Waals surface area contributed by atoms with E-state index in [2.05, 4.69) is 31.1 Å². The molecule has 0 aromatic carbocycles. The SMILES string of the molecule is CC(C)(C)c1nc(CN2CCN(C(=O)c3coc(CN)c3)CC2)cs1. The van der Waals surface area contributed by atoms with Crippen LogP contribution >= 0.6 is 11.3 Å². The molecule has 0 aliphatic carbocycles. The third kappa shape index (κ3) is 4.29. The molecule has 0 bridgehead atoms. The molecule has 2 N–H and O–H groups in total. The predicted molar refractivity (Wildman–Crippen MR) is 98.6 cm³/mol. The van der Waals surface area contributed by atoms with Gasteiger partial charge in [-0.1, -0.05) is 20.8 Å². The standard InChI is InChI=1S/C18H26N4O2S/c1-18(2,3)17-20-14(12-25-17)10-21-4-6-22(7-5-21)16(23)13-8-15(9-19)24-11-13/h8,11-12H,4-7,9-10,19H2,1-3H3. The maximum absolute atomic E-state index is 12.5. The molecule has 2 aromatic heterocycles. The molecule has 1 aliphatic heterocycles. The molecule has 0 radical (unpaired) electrons. The molecule has 136 valence electrons. The summed E-state index contributed by atoms with van der Waals surface area (Å²) in [7, 11) is 0. The van der Waals surface area contributed by atoms with Crippen molar-refractivity contribution in [3.8, 4) is 0 Å². The first-order chi connectivity index (χ1) is 11.9. The van der Waals surface area contributed by atoms with Crippen molar-refractivity contribution in [3.05, 3.63) is 39.7 Å². The molecule has 0 atom stereocenters. The van der Waals surface area contributed by atoms with E-state index < -0.39 is 0 Å². The van der Waals surface area contributed by atoms with Crippen LogP contribution in [-0.2, 0) is 18.5 Å². The number of furan rings is 1. The lowest BCUT2D eigenvalue weighted by Gasteiger charge is -2.34. The van der Waals surface area contributed by atoms with Gasteiger partial charge in [-0.3, -0.25) is 9.69 Å². The van der Waals surface area contributed by atoms with Crippen molar-refractivity contribution in [3.63, 3.8) is 0 Å². The average molecular weight is 362 g/mol. The molecule has 0 unspecified atom stereocenters. The third-order valence-corrected chi connectivity index (χ3v) is 5.66. The number of amides is 1. The average Bonchev–Trinajstić information content (AvgIpc) is 3.23. The Morgan fingerprint density at radius 3 is 2.60 bits per heavy atom. The fourth-order valence-corrected chi connectivity index (χ4v) is 3.74.